The van der Waals surface area contributed by atoms with Crippen molar-refractivity contribution in [3.05, 3.63) is 33.3 Å². The molecule has 0 fully saturated rings. The van der Waals surface area contributed by atoms with E-state index >= 15 is 0 Å². The highest BCUT2D eigenvalue weighted by Gasteiger charge is 2.24. The van der Waals surface area contributed by atoms with Gasteiger partial charge in [-0.15, -0.1) is 0 Å². The molecular weight excluding hydrogens is 352 g/mol. The summed E-state index contributed by atoms with van der Waals surface area (Å²) >= 11 is 9.60. The van der Waals surface area contributed by atoms with Crippen LogP contribution in [0.2, 0.25) is 5.02 Å². The maximum absolute atomic E-state index is 6.10. The van der Waals surface area contributed by atoms with Crippen LogP contribution >= 0.6 is 27.5 Å². The zero-order valence-electron chi connectivity index (χ0n) is 13.1. The maximum atomic E-state index is 6.10. The predicted octanol–water partition coefficient (Wildman–Crippen LogP) is 4.24. The molecule has 0 heterocycles. The number of ether oxygens (including phenoxy) is 1. The van der Waals surface area contributed by atoms with Gasteiger partial charge in [0.05, 0.1) is 11.6 Å². The van der Waals surface area contributed by atoms with Gasteiger partial charge in [-0.25, -0.2) is 0 Å². The minimum absolute atomic E-state index is 0.179. The van der Waals surface area contributed by atoms with Crippen molar-refractivity contribution in [3.8, 4) is 0 Å². The summed E-state index contributed by atoms with van der Waals surface area (Å²) in [4.78, 5) is 2.46. The molecule has 0 saturated carbocycles. The van der Waals surface area contributed by atoms with E-state index in [4.69, 9.17) is 22.1 Å². The van der Waals surface area contributed by atoms with E-state index in [0.29, 0.717) is 19.2 Å². The van der Waals surface area contributed by atoms with E-state index in [1.165, 1.54) is 5.56 Å². The molecule has 0 aliphatic rings. The molecule has 2 N–H and O–H groups in total. The fourth-order valence-corrected chi connectivity index (χ4v) is 3.24. The SMILES string of the molecule is CCC(CC)N(CCOC)C(CN)c1ccc(Cl)c(Br)c1. The minimum Gasteiger partial charge on any atom is -0.383 e. The van der Waals surface area contributed by atoms with Crippen LogP contribution in [-0.2, 0) is 4.74 Å². The largest absolute Gasteiger partial charge is 0.383 e. The molecule has 0 spiro atoms. The third kappa shape index (κ3) is 5.22. The summed E-state index contributed by atoms with van der Waals surface area (Å²) in [5.74, 6) is 0. The number of hydrogen-bond donors (Lipinski definition) is 1. The number of methoxy groups -OCH3 is 1. The highest BCUT2D eigenvalue weighted by molar-refractivity contribution is 9.10. The monoisotopic (exact) mass is 376 g/mol. The van der Waals surface area contributed by atoms with E-state index in [-0.39, 0.29) is 6.04 Å². The van der Waals surface area contributed by atoms with Crippen molar-refractivity contribution < 1.29 is 4.74 Å². The molecule has 0 aliphatic carbocycles. The molecule has 1 unspecified atom stereocenters. The predicted molar refractivity (Wildman–Crippen MR) is 93.9 cm³/mol. The molecule has 0 aromatic heterocycles. The molecule has 0 saturated heterocycles. The molecule has 1 aromatic carbocycles. The molecule has 0 bridgehead atoms. The van der Waals surface area contributed by atoms with Gasteiger partial charge in [0.1, 0.15) is 0 Å². The van der Waals surface area contributed by atoms with Gasteiger partial charge >= 0.3 is 0 Å². The number of rotatable bonds is 9. The Hall–Kier alpha value is -0.130. The third-order valence-electron chi connectivity index (χ3n) is 3.92. The van der Waals surface area contributed by atoms with Gasteiger partial charge in [-0.3, -0.25) is 4.90 Å². The summed E-state index contributed by atoms with van der Waals surface area (Å²) in [6.07, 6.45) is 2.21. The van der Waals surface area contributed by atoms with Crippen molar-refractivity contribution >= 4 is 27.5 Å². The van der Waals surface area contributed by atoms with Gasteiger partial charge in [0.25, 0.3) is 0 Å². The second kappa shape index (κ2) is 9.80. The molecule has 1 rings (SSSR count). The van der Waals surface area contributed by atoms with Gasteiger partial charge in [0.2, 0.25) is 0 Å². The summed E-state index contributed by atoms with van der Waals surface area (Å²) in [5.41, 5.74) is 7.27. The molecule has 3 nitrogen and oxygen atoms in total. The Morgan fingerprint density at radius 1 is 1.33 bits per heavy atom. The number of nitrogens with two attached hydrogens (primary N) is 1. The normalized spacial score (nSPS) is 13.1. The molecular formula is C16H26BrClN2O. The number of halogens is 2. The van der Waals surface area contributed by atoms with Crippen molar-refractivity contribution in [2.45, 2.75) is 38.8 Å². The average molecular weight is 378 g/mol. The van der Waals surface area contributed by atoms with E-state index in [1.54, 1.807) is 7.11 Å². The lowest BCUT2D eigenvalue weighted by atomic mass is 10.0. The fraction of sp³-hybridized carbons (Fsp3) is 0.625. The van der Waals surface area contributed by atoms with Gasteiger partial charge in [-0.1, -0.05) is 31.5 Å². The van der Waals surface area contributed by atoms with E-state index in [0.717, 1.165) is 28.9 Å². The summed E-state index contributed by atoms with van der Waals surface area (Å²) in [6.45, 7) is 6.61. The Balaban J connectivity index is 3.06. The first-order chi connectivity index (χ1) is 10.1. The van der Waals surface area contributed by atoms with Crippen LogP contribution in [0.1, 0.15) is 38.3 Å². The summed E-state index contributed by atoms with van der Waals surface area (Å²) in [5, 5.41) is 0.723. The second-order valence-electron chi connectivity index (χ2n) is 5.13. The van der Waals surface area contributed by atoms with E-state index < -0.39 is 0 Å². The van der Waals surface area contributed by atoms with Crippen LogP contribution in [0.25, 0.3) is 0 Å². The Bertz CT molecular complexity index is 427. The zero-order valence-corrected chi connectivity index (χ0v) is 15.5. The molecule has 1 atom stereocenters. The quantitative estimate of drug-likeness (QED) is 0.699. The molecule has 0 radical (unpaired) electrons. The molecule has 0 aliphatic heterocycles. The van der Waals surface area contributed by atoms with Crippen molar-refractivity contribution in [1.29, 1.82) is 0 Å². The topological polar surface area (TPSA) is 38.5 Å². The third-order valence-corrected chi connectivity index (χ3v) is 5.13. The van der Waals surface area contributed by atoms with Crippen LogP contribution < -0.4 is 5.73 Å². The van der Waals surface area contributed by atoms with E-state index in [2.05, 4.69) is 46.8 Å². The second-order valence-corrected chi connectivity index (χ2v) is 6.39. The van der Waals surface area contributed by atoms with Crippen LogP contribution in [0.15, 0.2) is 22.7 Å². The van der Waals surface area contributed by atoms with Crippen LogP contribution in [0, 0.1) is 0 Å². The van der Waals surface area contributed by atoms with Crippen LogP contribution in [0.4, 0.5) is 0 Å². The smallest absolute Gasteiger partial charge is 0.0590 e. The molecule has 0 amide bonds. The van der Waals surface area contributed by atoms with Gasteiger partial charge < -0.3 is 10.5 Å². The Morgan fingerprint density at radius 3 is 2.48 bits per heavy atom. The first-order valence-corrected chi connectivity index (χ1v) is 8.65. The van der Waals surface area contributed by atoms with Crippen molar-refractivity contribution in [3.63, 3.8) is 0 Å². The Labute approximate surface area is 141 Å². The number of hydrogen-bond acceptors (Lipinski definition) is 3. The molecule has 5 heteroatoms. The lowest BCUT2D eigenvalue weighted by Gasteiger charge is -2.37. The molecule has 1 aromatic rings. The summed E-state index contributed by atoms with van der Waals surface area (Å²) in [7, 11) is 1.74. The summed E-state index contributed by atoms with van der Waals surface area (Å²) in [6, 6.07) is 6.74. The van der Waals surface area contributed by atoms with Crippen LogP contribution in [0.5, 0.6) is 0 Å². The number of nitrogens with zero attached hydrogens (tertiary/aromatic N) is 1. The molecule has 21 heavy (non-hydrogen) atoms. The average Bonchev–Trinajstić information content (AvgIpc) is 2.49. The van der Waals surface area contributed by atoms with Gasteiger partial charge in [0, 0.05) is 36.8 Å². The lowest BCUT2D eigenvalue weighted by Crippen LogP contribution is -2.42. The van der Waals surface area contributed by atoms with E-state index in [9.17, 15) is 0 Å². The first-order valence-electron chi connectivity index (χ1n) is 7.48. The Morgan fingerprint density at radius 2 is 2.00 bits per heavy atom. The first kappa shape index (κ1) is 18.9. The van der Waals surface area contributed by atoms with Crippen molar-refractivity contribution in [2.75, 3.05) is 26.8 Å². The molecule has 120 valence electrons. The lowest BCUT2D eigenvalue weighted by molar-refractivity contribution is 0.0817. The fourth-order valence-electron chi connectivity index (χ4n) is 2.73. The highest BCUT2D eigenvalue weighted by Crippen LogP contribution is 2.30. The van der Waals surface area contributed by atoms with Gasteiger partial charge in [-0.05, 0) is 46.5 Å². The van der Waals surface area contributed by atoms with E-state index in [1.807, 2.05) is 6.07 Å². The van der Waals surface area contributed by atoms with Gasteiger partial charge in [-0.2, -0.15) is 0 Å². The van der Waals surface area contributed by atoms with Crippen LogP contribution in [0.3, 0.4) is 0 Å². The standard InChI is InChI=1S/C16H26BrClN2O/c1-4-13(5-2)20(8-9-21-3)16(11-19)12-6-7-15(18)14(17)10-12/h6-7,10,13,16H,4-5,8-9,11,19H2,1-3H3. The van der Waals surface area contributed by atoms with Crippen molar-refractivity contribution in [2.24, 2.45) is 5.73 Å². The Kier molecular flexibility index (Phi) is 8.83. The van der Waals surface area contributed by atoms with Crippen LogP contribution in [-0.4, -0.2) is 37.7 Å². The van der Waals surface area contributed by atoms with Gasteiger partial charge in [0.15, 0.2) is 0 Å². The summed E-state index contributed by atoms with van der Waals surface area (Å²) < 4.78 is 6.19. The number of benzene rings is 1. The maximum Gasteiger partial charge on any atom is 0.0590 e. The minimum atomic E-state index is 0.179. The van der Waals surface area contributed by atoms with Crippen molar-refractivity contribution in [1.82, 2.24) is 4.90 Å². The highest BCUT2D eigenvalue weighted by atomic mass is 79.9. The zero-order chi connectivity index (χ0) is 15.8.